The summed E-state index contributed by atoms with van der Waals surface area (Å²) < 4.78 is 0. The standard InChI is InChI=1S/C21H33NSi.C17H23ClSi.C4H10N.Li/c1-14-11-17-16(19(14)23(7,8)22-20(2,3)4)10-9-15-12-21(5,6)13-18(15)17;1-11-8-14-13(16(11)19(4,5)18)7-6-12-9-17(2,3)10-15(12)14;1-4(2,3)5;/h9-11,19,22H,12-13H2,1-8H3;6-8,16H,9-10H2,1-5H3;5H,1-3H3;/q;;-1;+1. The molecular formula is C42H66ClLiN2Si2. The summed E-state index contributed by atoms with van der Waals surface area (Å²) in [6.45, 7) is 36.1. The van der Waals surface area contributed by atoms with E-state index in [1.807, 2.05) is 20.8 Å². The summed E-state index contributed by atoms with van der Waals surface area (Å²) in [5, 5.41) is 0. The molecule has 2 nitrogen and oxygen atoms in total. The number of halogens is 1. The Labute approximate surface area is 314 Å². The van der Waals surface area contributed by atoms with Crippen molar-refractivity contribution in [2.45, 2.75) is 157 Å². The second kappa shape index (κ2) is 13.9. The van der Waals surface area contributed by atoms with E-state index in [2.05, 4.69) is 130 Å². The van der Waals surface area contributed by atoms with E-state index in [-0.39, 0.29) is 29.9 Å². The van der Waals surface area contributed by atoms with E-state index in [0.717, 1.165) is 0 Å². The van der Waals surface area contributed by atoms with E-state index in [1.54, 1.807) is 39.0 Å². The van der Waals surface area contributed by atoms with Crippen LogP contribution in [-0.2, 0) is 25.7 Å². The average molecular weight is 698 g/mol. The van der Waals surface area contributed by atoms with Gasteiger partial charge < -0.3 is 10.7 Å². The number of hydrogen-bond acceptors (Lipinski definition) is 1. The van der Waals surface area contributed by atoms with Gasteiger partial charge in [0.1, 0.15) is 8.24 Å². The van der Waals surface area contributed by atoms with Gasteiger partial charge in [0.05, 0.1) is 0 Å². The van der Waals surface area contributed by atoms with Crippen LogP contribution in [0.2, 0.25) is 26.2 Å². The largest absolute Gasteiger partial charge is 1.00 e. The Bertz CT molecular complexity index is 1570. The molecule has 0 radical (unpaired) electrons. The fourth-order valence-electron chi connectivity index (χ4n) is 9.18. The van der Waals surface area contributed by atoms with Gasteiger partial charge in [0.2, 0.25) is 0 Å². The smallest absolute Gasteiger partial charge is 0.673 e. The van der Waals surface area contributed by atoms with Gasteiger partial charge in [-0.1, -0.05) is 122 Å². The molecule has 0 spiro atoms. The molecule has 4 aliphatic rings. The SMILES string of the molecule is CC(C)(C)[NH-].CC1=Cc2c(ccc3c2CC(C)(C)C3)C1[Si](C)(C)Cl.CC1=Cc2c(ccc3c2CC(C)(C)C3)C1[Si](C)(C)NC(C)(C)C.[Li+]. The van der Waals surface area contributed by atoms with Crippen molar-refractivity contribution in [1.82, 2.24) is 4.98 Å². The van der Waals surface area contributed by atoms with E-state index >= 15 is 0 Å². The summed E-state index contributed by atoms with van der Waals surface area (Å²) in [7, 11) is -3.31. The zero-order valence-electron chi connectivity index (χ0n) is 33.8. The summed E-state index contributed by atoms with van der Waals surface area (Å²) in [4.78, 5) is 3.99. The zero-order valence-corrected chi connectivity index (χ0v) is 36.6. The Hall–Kier alpha value is -0.839. The Kier molecular flexibility index (Phi) is 12.1. The maximum Gasteiger partial charge on any atom is 1.00 e. The summed E-state index contributed by atoms with van der Waals surface area (Å²) in [5.41, 5.74) is 24.4. The Morgan fingerprint density at radius 3 is 1.40 bits per heavy atom. The molecule has 0 fully saturated rings. The minimum atomic E-state index is -1.70. The van der Waals surface area contributed by atoms with Crippen molar-refractivity contribution in [2.75, 3.05) is 0 Å². The van der Waals surface area contributed by atoms with Crippen molar-refractivity contribution < 1.29 is 18.9 Å². The molecule has 6 rings (SSSR count). The summed E-state index contributed by atoms with van der Waals surface area (Å²) >= 11 is 6.77. The first-order chi connectivity index (χ1) is 21.1. The molecule has 0 saturated carbocycles. The number of benzene rings is 2. The monoisotopic (exact) mass is 696 g/mol. The first kappa shape index (κ1) is 41.6. The molecule has 0 aliphatic heterocycles. The van der Waals surface area contributed by atoms with Crippen molar-refractivity contribution in [3.05, 3.63) is 85.7 Å². The third kappa shape index (κ3) is 9.73. The van der Waals surface area contributed by atoms with Crippen LogP contribution in [0.25, 0.3) is 17.9 Å². The minimum Gasteiger partial charge on any atom is -0.673 e. The van der Waals surface area contributed by atoms with Gasteiger partial charge in [0.25, 0.3) is 0 Å². The number of hydrogen-bond donors (Lipinski definition) is 1. The van der Waals surface area contributed by atoms with Crippen LogP contribution < -0.4 is 23.8 Å². The second-order valence-electron chi connectivity index (χ2n) is 20.0. The number of rotatable bonds is 3. The van der Waals surface area contributed by atoms with Gasteiger partial charge in [-0.2, -0.15) is 11.1 Å². The molecule has 2 atom stereocenters. The fourth-order valence-corrected chi connectivity index (χ4v) is 16.5. The van der Waals surface area contributed by atoms with Gasteiger partial charge in [-0.05, 0) is 116 Å². The first-order valence-electron chi connectivity index (χ1n) is 18.0. The molecule has 0 amide bonds. The molecule has 4 aliphatic carbocycles. The third-order valence-corrected chi connectivity index (χ3v) is 16.4. The fraction of sp³-hybridized carbons (Fsp3) is 0.619. The van der Waals surface area contributed by atoms with Gasteiger partial charge in [-0.15, -0.1) is 5.54 Å². The van der Waals surface area contributed by atoms with Crippen molar-refractivity contribution >= 4 is 38.9 Å². The molecule has 0 bridgehead atoms. The van der Waals surface area contributed by atoms with Crippen LogP contribution in [0.1, 0.15) is 139 Å². The molecule has 0 saturated heterocycles. The summed E-state index contributed by atoms with van der Waals surface area (Å²) in [6.07, 6.45) is 9.81. The quantitative estimate of drug-likeness (QED) is 0.252. The normalized spacial score (nSPS) is 21.7. The number of fused-ring (bicyclic) bond motifs is 6. The van der Waals surface area contributed by atoms with Gasteiger partial charge in [0, 0.05) is 16.6 Å². The minimum absolute atomic E-state index is 0. The van der Waals surface area contributed by atoms with Crippen LogP contribution >= 0.6 is 11.1 Å². The molecule has 2 unspecified atom stereocenters. The second-order valence-corrected chi connectivity index (χ2v) is 30.9. The van der Waals surface area contributed by atoms with E-state index in [0.29, 0.717) is 21.9 Å². The van der Waals surface area contributed by atoms with Crippen LogP contribution in [0.3, 0.4) is 0 Å². The molecular weight excluding hydrogens is 631 g/mol. The van der Waals surface area contributed by atoms with Crippen LogP contribution in [0.5, 0.6) is 0 Å². The molecule has 260 valence electrons. The predicted octanol–water partition coefficient (Wildman–Crippen LogP) is 9.58. The third-order valence-electron chi connectivity index (χ3n) is 10.0. The van der Waals surface area contributed by atoms with Crippen molar-refractivity contribution in [3.8, 4) is 0 Å². The number of allylic oxidation sites excluding steroid dienone is 2. The summed E-state index contributed by atoms with van der Waals surface area (Å²) in [6, 6.07) is 9.57. The van der Waals surface area contributed by atoms with Crippen LogP contribution in [0, 0.1) is 10.8 Å². The first-order valence-corrected chi connectivity index (χ1v) is 25.1. The van der Waals surface area contributed by atoms with E-state index in [9.17, 15) is 0 Å². The maximum absolute atomic E-state index is 6.94. The van der Waals surface area contributed by atoms with Gasteiger partial charge >= 0.3 is 18.9 Å². The van der Waals surface area contributed by atoms with Crippen molar-refractivity contribution in [1.29, 1.82) is 0 Å². The van der Waals surface area contributed by atoms with Gasteiger partial charge in [-0.3, -0.25) is 0 Å². The Balaban J connectivity index is 0.000000227. The van der Waals surface area contributed by atoms with Crippen LogP contribution in [-0.4, -0.2) is 26.7 Å². The van der Waals surface area contributed by atoms with Crippen molar-refractivity contribution in [2.24, 2.45) is 10.8 Å². The molecule has 2 aromatic carbocycles. The van der Waals surface area contributed by atoms with E-state index in [4.69, 9.17) is 16.8 Å². The van der Waals surface area contributed by atoms with E-state index in [1.165, 1.54) is 42.4 Å². The van der Waals surface area contributed by atoms with E-state index < -0.39 is 15.6 Å². The molecule has 0 aromatic heterocycles. The van der Waals surface area contributed by atoms with Gasteiger partial charge in [0.15, 0.2) is 7.38 Å². The van der Waals surface area contributed by atoms with Crippen LogP contribution in [0.4, 0.5) is 0 Å². The molecule has 48 heavy (non-hydrogen) atoms. The molecule has 2 aromatic rings. The van der Waals surface area contributed by atoms with Crippen LogP contribution in [0.15, 0.2) is 35.4 Å². The molecule has 0 heterocycles. The zero-order chi connectivity index (χ0) is 35.7. The Morgan fingerprint density at radius 1 is 0.688 bits per heavy atom. The molecule has 2 N–H and O–H groups in total. The number of nitrogens with one attached hydrogen (secondary N) is 2. The molecule has 6 heteroatoms. The maximum atomic E-state index is 6.94. The van der Waals surface area contributed by atoms with Crippen molar-refractivity contribution in [3.63, 3.8) is 0 Å². The Morgan fingerprint density at radius 2 is 1.04 bits per heavy atom. The average Bonchev–Trinajstić information content (AvgIpc) is 3.53. The predicted molar refractivity (Wildman–Crippen MR) is 216 cm³/mol. The topological polar surface area (TPSA) is 35.8 Å². The summed E-state index contributed by atoms with van der Waals surface area (Å²) in [5.74, 6) is 0. The van der Waals surface area contributed by atoms with Gasteiger partial charge in [-0.25, -0.2) is 0 Å².